The number of sulfonamides is 1. The minimum atomic E-state index is -3.76. The molecule has 0 radical (unpaired) electrons. The van der Waals surface area contributed by atoms with Crippen LogP contribution in [0.15, 0.2) is 65.6 Å². The Morgan fingerprint density at radius 1 is 1.03 bits per heavy atom. The lowest BCUT2D eigenvalue weighted by molar-refractivity contribution is 0.0697. The summed E-state index contributed by atoms with van der Waals surface area (Å²) < 4.78 is 34.8. The number of carboxylic acids is 1. The molecule has 0 spiro atoms. The number of nitrogens with zero attached hydrogens (tertiary/aromatic N) is 2. The third kappa shape index (κ3) is 3.05. The summed E-state index contributed by atoms with van der Waals surface area (Å²) in [5, 5.41) is 9.45. The zero-order chi connectivity index (χ0) is 22.9. The number of benzene rings is 3. The van der Waals surface area contributed by atoms with E-state index in [0.29, 0.717) is 29.2 Å². The molecule has 3 aromatic carbocycles. The smallest absolute Gasteiger partial charge is 0.335 e. The Labute approximate surface area is 191 Å². The molecule has 7 nitrogen and oxygen atoms in total. The van der Waals surface area contributed by atoms with Gasteiger partial charge in [-0.05, 0) is 60.2 Å². The van der Waals surface area contributed by atoms with E-state index in [-0.39, 0.29) is 22.5 Å². The molecular formula is C25H22N2O5S. The van der Waals surface area contributed by atoms with Gasteiger partial charge in [0.2, 0.25) is 10.0 Å². The van der Waals surface area contributed by atoms with Crippen LogP contribution in [0.25, 0.3) is 11.1 Å². The predicted molar refractivity (Wildman–Crippen MR) is 123 cm³/mol. The van der Waals surface area contributed by atoms with Crippen molar-refractivity contribution in [2.45, 2.75) is 30.5 Å². The highest BCUT2D eigenvalue weighted by atomic mass is 32.2. The van der Waals surface area contributed by atoms with Crippen molar-refractivity contribution >= 4 is 27.4 Å². The number of aromatic carboxylic acids is 1. The van der Waals surface area contributed by atoms with Crippen molar-refractivity contribution in [3.8, 4) is 16.9 Å². The van der Waals surface area contributed by atoms with Gasteiger partial charge in [0.25, 0.3) is 0 Å². The van der Waals surface area contributed by atoms with Gasteiger partial charge in [0.05, 0.1) is 11.3 Å². The lowest BCUT2D eigenvalue weighted by Gasteiger charge is -2.44. The molecule has 2 aliphatic heterocycles. The van der Waals surface area contributed by atoms with E-state index in [1.54, 1.807) is 31.3 Å². The molecule has 0 bridgehead atoms. The van der Waals surface area contributed by atoms with Crippen LogP contribution in [0.4, 0.5) is 11.4 Å². The topological polar surface area (TPSA) is 87.2 Å². The molecule has 0 aromatic heterocycles. The van der Waals surface area contributed by atoms with E-state index >= 15 is 0 Å². The molecule has 1 saturated carbocycles. The van der Waals surface area contributed by atoms with Crippen LogP contribution in [-0.4, -0.2) is 37.0 Å². The van der Waals surface area contributed by atoms with Crippen molar-refractivity contribution < 1.29 is 23.1 Å². The zero-order valence-electron chi connectivity index (χ0n) is 17.9. The average molecular weight is 463 g/mol. The van der Waals surface area contributed by atoms with E-state index in [9.17, 15) is 18.3 Å². The molecule has 33 heavy (non-hydrogen) atoms. The quantitative estimate of drug-likeness (QED) is 0.619. The number of rotatable bonds is 3. The standard InChI is InChI=1S/C25H22N2O5S/c1-26-24(15-7-8-15)27(18-5-3-2-4-6-18)21-13-22-20(12-23(21)33(26,30)31)19-11-16(25(28)29)9-10-17(19)14-32-22/h2-6,9-13,15,24H,7-8,14H2,1H3,(H,28,29)/t24-/m0/s1. The first-order valence-electron chi connectivity index (χ1n) is 10.9. The van der Waals surface area contributed by atoms with Gasteiger partial charge in [-0.3, -0.25) is 0 Å². The van der Waals surface area contributed by atoms with E-state index in [0.717, 1.165) is 24.1 Å². The summed E-state index contributed by atoms with van der Waals surface area (Å²) in [6, 6.07) is 18.1. The van der Waals surface area contributed by atoms with Crippen molar-refractivity contribution in [2.75, 3.05) is 11.9 Å². The maximum absolute atomic E-state index is 13.7. The van der Waals surface area contributed by atoms with Crippen LogP contribution in [0.5, 0.6) is 5.75 Å². The molecule has 6 rings (SSSR count). The van der Waals surface area contributed by atoms with Crippen molar-refractivity contribution in [1.29, 1.82) is 0 Å². The van der Waals surface area contributed by atoms with E-state index in [2.05, 4.69) is 4.90 Å². The van der Waals surface area contributed by atoms with Crippen LogP contribution in [-0.2, 0) is 16.6 Å². The van der Waals surface area contributed by atoms with Gasteiger partial charge in [0.1, 0.15) is 23.4 Å². The van der Waals surface area contributed by atoms with Gasteiger partial charge in [-0.15, -0.1) is 0 Å². The van der Waals surface area contributed by atoms with E-state index in [1.165, 1.54) is 10.4 Å². The van der Waals surface area contributed by atoms with Crippen molar-refractivity contribution in [2.24, 2.45) is 5.92 Å². The average Bonchev–Trinajstić information content (AvgIpc) is 3.66. The summed E-state index contributed by atoms with van der Waals surface area (Å²) in [5.74, 6) is -0.216. The minimum Gasteiger partial charge on any atom is -0.488 e. The van der Waals surface area contributed by atoms with Crippen LogP contribution in [0.3, 0.4) is 0 Å². The molecule has 168 valence electrons. The fourth-order valence-corrected chi connectivity index (χ4v) is 6.45. The summed E-state index contributed by atoms with van der Waals surface area (Å²) >= 11 is 0. The highest BCUT2D eigenvalue weighted by Crippen LogP contribution is 2.51. The Morgan fingerprint density at radius 2 is 1.79 bits per heavy atom. The fraction of sp³-hybridized carbons (Fsp3) is 0.240. The van der Waals surface area contributed by atoms with Crippen LogP contribution in [0.2, 0.25) is 0 Å². The molecule has 0 saturated heterocycles. The Kier molecular flexibility index (Phi) is 4.34. The molecule has 8 heteroatoms. The summed E-state index contributed by atoms with van der Waals surface area (Å²) in [7, 11) is -2.12. The van der Waals surface area contributed by atoms with Crippen LogP contribution < -0.4 is 9.64 Å². The highest BCUT2D eigenvalue weighted by Gasteiger charge is 2.48. The summed E-state index contributed by atoms with van der Waals surface area (Å²) in [4.78, 5) is 13.8. The summed E-state index contributed by atoms with van der Waals surface area (Å²) in [5.41, 5.74) is 3.76. The van der Waals surface area contributed by atoms with Gasteiger partial charge in [0, 0.05) is 24.4 Å². The summed E-state index contributed by atoms with van der Waals surface area (Å²) in [6.07, 6.45) is 1.66. The zero-order valence-corrected chi connectivity index (χ0v) is 18.7. The van der Waals surface area contributed by atoms with Gasteiger partial charge in [-0.1, -0.05) is 24.3 Å². The Bertz CT molecular complexity index is 1400. The number of hydrogen-bond acceptors (Lipinski definition) is 5. The maximum Gasteiger partial charge on any atom is 0.335 e. The Morgan fingerprint density at radius 3 is 2.48 bits per heavy atom. The number of carboxylic acid groups (broad SMARTS) is 1. The second kappa shape index (κ2) is 7.07. The molecule has 0 unspecified atom stereocenters. The molecule has 0 amide bonds. The van der Waals surface area contributed by atoms with Crippen LogP contribution in [0.1, 0.15) is 28.8 Å². The number of carbonyl (C=O) groups is 1. The highest BCUT2D eigenvalue weighted by molar-refractivity contribution is 7.89. The van der Waals surface area contributed by atoms with Crippen LogP contribution in [0, 0.1) is 5.92 Å². The summed E-state index contributed by atoms with van der Waals surface area (Å²) in [6.45, 7) is 0.297. The number of fused-ring (bicyclic) bond motifs is 4. The number of ether oxygens (including phenoxy) is 1. The first-order valence-corrected chi connectivity index (χ1v) is 12.3. The monoisotopic (exact) mass is 462 g/mol. The van der Waals surface area contributed by atoms with Crippen molar-refractivity contribution in [1.82, 2.24) is 4.31 Å². The lowest BCUT2D eigenvalue weighted by Crippen LogP contribution is -2.52. The number of anilines is 2. The second-order valence-electron chi connectivity index (χ2n) is 8.76. The third-order valence-electron chi connectivity index (χ3n) is 6.72. The molecular weight excluding hydrogens is 440 g/mol. The largest absolute Gasteiger partial charge is 0.488 e. The van der Waals surface area contributed by atoms with Gasteiger partial charge >= 0.3 is 5.97 Å². The Balaban J connectivity index is 1.61. The van der Waals surface area contributed by atoms with E-state index in [1.807, 2.05) is 30.3 Å². The van der Waals surface area contributed by atoms with Gasteiger partial charge in [0.15, 0.2) is 0 Å². The molecule has 1 aliphatic carbocycles. The minimum absolute atomic E-state index is 0.152. The third-order valence-corrected chi connectivity index (χ3v) is 8.58. The molecule has 1 N–H and O–H groups in total. The molecule has 3 aromatic rings. The van der Waals surface area contributed by atoms with Gasteiger partial charge in [-0.2, -0.15) is 4.31 Å². The van der Waals surface area contributed by atoms with Gasteiger partial charge in [-0.25, -0.2) is 13.2 Å². The molecule has 2 heterocycles. The second-order valence-corrected chi connectivity index (χ2v) is 10.7. The molecule has 1 atom stereocenters. The predicted octanol–water partition coefficient (Wildman–Crippen LogP) is 4.45. The molecule has 3 aliphatic rings. The number of hydrogen-bond donors (Lipinski definition) is 1. The fourth-order valence-electron chi connectivity index (χ4n) is 4.90. The first-order chi connectivity index (χ1) is 15.9. The lowest BCUT2D eigenvalue weighted by atomic mass is 9.94. The van der Waals surface area contributed by atoms with Crippen molar-refractivity contribution in [3.05, 3.63) is 71.8 Å². The van der Waals surface area contributed by atoms with Crippen LogP contribution >= 0.6 is 0 Å². The Hall–Kier alpha value is -3.36. The van der Waals surface area contributed by atoms with Gasteiger partial charge < -0.3 is 14.7 Å². The normalized spacial score (nSPS) is 20.9. The first kappa shape index (κ1) is 20.3. The number of para-hydroxylation sites is 1. The maximum atomic E-state index is 13.7. The van der Waals surface area contributed by atoms with E-state index < -0.39 is 16.0 Å². The molecule has 1 fully saturated rings. The van der Waals surface area contributed by atoms with Crippen molar-refractivity contribution in [3.63, 3.8) is 0 Å². The van der Waals surface area contributed by atoms with E-state index in [4.69, 9.17) is 4.74 Å². The SMILES string of the molecule is CN1[C@H](C2CC2)N(c2ccccc2)c2cc3c(cc2S1(=O)=O)-c1cc(C(=O)O)ccc1CO3.